The first-order chi connectivity index (χ1) is 11.9. The van der Waals surface area contributed by atoms with Gasteiger partial charge in [0.1, 0.15) is 0 Å². The van der Waals surface area contributed by atoms with Gasteiger partial charge in [0.05, 0.1) is 30.3 Å². The van der Waals surface area contributed by atoms with Crippen LogP contribution in [-0.4, -0.2) is 50.0 Å². The summed E-state index contributed by atoms with van der Waals surface area (Å²) in [6, 6.07) is 1.74. The highest BCUT2D eigenvalue weighted by Gasteiger charge is 2.35. The molecule has 0 aliphatic heterocycles. The molecule has 1 amide bonds. The Kier molecular flexibility index (Phi) is 5.45. The molecule has 0 spiro atoms. The Hall–Kier alpha value is -1.45. The Morgan fingerprint density at radius 2 is 2.12 bits per heavy atom. The number of hydrogen-bond acceptors (Lipinski definition) is 5. The molecule has 2 fully saturated rings. The van der Waals surface area contributed by atoms with Crippen molar-refractivity contribution < 1.29 is 17.9 Å². The molecular formula is C16H26N4O4S. The molecule has 9 heteroatoms. The fraction of sp³-hybridized carbons (Fsp3) is 0.750. The van der Waals surface area contributed by atoms with Crippen LogP contribution in [0.2, 0.25) is 0 Å². The molecule has 2 aliphatic carbocycles. The maximum Gasteiger partial charge on any atom is 0.223 e. The molecule has 0 saturated heterocycles. The second-order valence-electron chi connectivity index (χ2n) is 7.09. The van der Waals surface area contributed by atoms with E-state index in [0.29, 0.717) is 31.7 Å². The molecule has 0 unspecified atom stereocenters. The van der Waals surface area contributed by atoms with E-state index in [2.05, 4.69) is 20.2 Å². The lowest BCUT2D eigenvalue weighted by Crippen LogP contribution is -2.49. The summed E-state index contributed by atoms with van der Waals surface area (Å²) in [6.07, 6.45) is 4.95. The molecule has 3 rings (SSSR count). The maximum atomic E-state index is 12.4. The summed E-state index contributed by atoms with van der Waals surface area (Å²) in [7, 11) is -1.74. The Morgan fingerprint density at radius 3 is 2.76 bits per heavy atom. The third kappa shape index (κ3) is 5.02. The number of hydrogen-bond donors (Lipinski definition) is 3. The van der Waals surface area contributed by atoms with E-state index >= 15 is 0 Å². The van der Waals surface area contributed by atoms with Gasteiger partial charge in [0.15, 0.2) is 0 Å². The summed E-state index contributed by atoms with van der Waals surface area (Å²) in [5.41, 5.74) is 1.99. The Balaban J connectivity index is 1.50. The zero-order valence-electron chi connectivity index (χ0n) is 14.6. The van der Waals surface area contributed by atoms with Crippen molar-refractivity contribution in [2.45, 2.75) is 56.7 Å². The number of nitrogens with zero attached hydrogens (tertiary/aromatic N) is 1. The van der Waals surface area contributed by atoms with Crippen LogP contribution in [0, 0.1) is 5.92 Å². The van der Waals surface area contributed by atoms with Crippen LogP contribution in [0.5, 0.6) is 0 Å². The molecule has 8 nitrogen and oxygen atoms in total. The smallest absolute Gasteiger partial charge is 0.223 e. The highest BCUT2D eigenvalue weighted by atomic mass is 32.2. The summed E-state index contributed by atoms with van der Waals surface area (Å²) in [4.78, 5) is 12.4. The third-order valence-electron chi connectivity index (χ3n) is 4.93. The van der Waals surface area contributed by atoms with Gasteiger partial charge in [0.25, 0.3) is 0 Å². The van der Waals surface area contributed by atoms with Crippen LogP contribution in [0.15, 0.2) is 6.07 Å². The fourth-order valence-electron chi connectivity index (χ4n) is 3.42. The Bertz CT molecular complexity index is 713. The van der Waals surface area contributed by atoms with Crippen LogP contribution >= 0.6 is 0 Å². The van der Waals surface area contributed by atoms with Gasteiger partial charge >= 0.3 is 0 Å². The molecule has 3 atom stereocenters. The molecule has 140 valence electrons. The minimum atomic E-state index is -3.29. The zero-order chi connectivity index (χ0) is 18.0. The topological polar surface area (TPSA) is 113 Å². The SMILES string of the molecule is CO[C@H]1C[C@@H](C(=O)NCc2cc(C3CC3)n[nH]2)CC[C@@H]1NS(C)(=O)=O. The molecule has 0 bridgehead atoms. The van der Waals surface area contributed by atoms with E-state index in [1.807, 2.05) is 6.07 Å². The summed E-state index contributed by atoms with van der Waals surface area (Å²) in [5, 5.41) is 10.2. The van der Waals surface area contributed by atoms with Crippen LogP contribution in [0.4, 0.5) is 0 Å². The van der Waals surface area contributed by atoms with Gasteiger partial charge in [0.2, 0.25) is 15.9 Å². The predicted octanol–water partition coefficient (Wildman–Crippen LogP) is 0.636. The largest absolute Gasteiger partial charge is 0.380 e. The van der Waals surface area contributed by atoms with Gasteiger partial charge in [-0.2, -0.15) is 5.10 Å². The van der Waals surface area contributed by atoms with Crippen LogP contribution in [0.25, 0.3) is 0 Å². The third-order valence-corrected chi connectivity index (χ3v) is 5.66. The summed E-state index contributed by atoms with van der Waals surface area (Å²) in [5.74, 6) is 0.386. The van der Waals surface area contributed by atoms with Crippen LogP contribution in [0.3, 0.4) is 0 Å². The average molecular weight is 370 g/mol. The van der Waals surface area contributed by atoms with Gasteiger partial charge in [0, 0.05) is 25.0 Å². The molecule has 1 aromatic rings. The number of aromatic nitrogens is 2. The second-order valence-corrected chi connectivity index (χ2v) is 8.87. The van der Waals surface area contributed by atoms with E-state index < -0.39 is 10.0 Å². The number of aromatic amines is 1. The van der Waals surface area contributed by atoms with E-state index in [1.54, 1.807) is 7.11 Å². The van der Waals surface area contributed by atoms with Gasteiger partial charge in [-0.3, -0.25) is 9.89 Å². The van der Waals surface area contributed by atoms with Crippen molar-refractivity contribution in [3.05, 3.63) is 17.5 Å². The molecule has 2 saturated carbocycles. The van der Waals surface area contributed by atoms with Crippen molar-refractivity contribution in [3.8, 4) is 0 Å². The zero-order valence-corrected chi connectivity index (χ0v) is 15.4. The lowest BCUT2D eigenvalue weighted by atomic mass is 9.83. The first-order valence-electron chi connectivity index (χ1n) is 8.67. The van der Waals surface area contributed by atoms with Gasteiger partial charge in [-0.15, -0.1) is 0 Å². The van der Waals surface area contributed by atoms with Crippen molar-refractivity contribution in [2.75, 3.05) is 13.4 Å². The lowest BCUT2D eigenvalue weighted by Gasteiger charge is -2.34. The quantitative estimate of drug-likeness (QED) is 0.652. The number of sulfonamides is 1. The van der Waals surface area contributed by atoms with E-state index in [-0.39, 0.29) is 24.0 Å². The standard InChI is InChI=1S/C16H26N4O4S/c1-24-15-7-11(5-6-13(15)20-25(2,22)23)16(21)17-9-12-8-14(19-18-12)10-3-4-10/h8,10-11,13,15,20H,3-7,9H2,1-2H3,(H,17,21)(H,18,19)/t11-,13-,15-/m0/s1. The van der Waals surface area contributed by atoms with Crippen molar-refractivity contribution in [3.63, 3.8) is 0 Å². The first kappa shape index (κ1) is 18.3. The lowest BCUT2D eigenvalue weighted by molar-refractivity contribution is -0.128. The van der Waals surface area contributed by atoms with Crippen molar-refractivity contribution >= 4 is 15.9 Å². The van der Waals surface area contributed by atoms with Crippen LogP contribution < -0.4 is 10.0 Å². The molecule has 3 N–H and O–H groups in total. The second kappa shape index (κ2) is 7.43. The average Bonchev–Trinajstić information content (AvgIpc) is 3.30. The highest BCUT2D eigenvalue weighted by Crippen LogP contribution is 2.39. The van der Waals surface area contributed by atoms with E-state index in [4.69, 9.17) is 4.74 Å². The van der Waals surface area contributed by atoms with Crippen LogP contribution in [-0.2, 0) is 26.1 Å². The van der Waals surface area contributed by atoms with E-state index in [1.165, 1.54) is 12.8 Å². The number of carbonyl (C=O) groups excluding carboxylic acids is 1. The normalized spacial score (nSPS) is 27.2. The molecule has 1 heterocycles. The van der Waals surface area contributed by atoms with Gasteiger partial charge in [-0.25, -0.2) is 13.1 Å². The van der Waals surface area contributed by atoms with Gasteiger partial charge in [-0.05, 0) is 38.2 Å². The number of H-pyrrole nitrogens is 1. The minimum Gasteiger partial charge on any atom is -0.380 e. The van der Waals surface area contributed by atoms with E-state index in [9.17, 15) is 13.2 Å². The number of rotatable bonds is 7. The summed E-state index contributed by atoms with van der Waals surface area (Å²) in [6.45, 7) is 0.428. The molecule has 0 aromatic carbocycles. The number of carbonyl (C=O) groups is 1. The van der Waals surface area contributed by atoms with Gasteiger partial charge < -0.3 is 10.1 Å². The molecule has 1 aromatic heterocycles. The number of methoxy groups -OCH3 is 1. The summed E-state index contributed by atoms with van der Waals surface area (Å²) < 4.78 is 30.9. The highest BCUT2D eigenvalue weighted by molar-refractivity contribution is 7.88. The number of ether oxygens (including phenoxy) is 1. The summed E-state index contributed by atoms with van der Waals surface area (Å²) >= 11 is 0. The number of nitrogens with one attached hydrogen (secondary N) is 3. The molecule has 25 heavy (non-hydrogen) atoms. The van der Waals surface area contributed by atoms with E-state index in [0.717, 1.165) is 17.6 Å². The monoisotopic (exact) mass is 370 g/mol. The van der Waals surface area contributed by atoms with Gasteiger partial charge in [-0.1, -0.05) is 0 Å². The maximum absolute atomic E-state index is 12.4. The minimum absolute atomic E-state index is 0.0255. The Labute approximate surface area is 148 Å². The van der Waals surface area contributed by atoms with Crippen LogP contribution in [0.1, 0.15) is 49.4 Å². The predicted molar refractivity (Wildman–Crippen MR) is 92.3 cm³/mol. The number of amides is 1. The molecule has 0 radical (unpaired) electrons. The molecular weight excluding hydrogens is 344 g/mol. The first-order valence-corrected chi connectivity index (χ1v) is 10.6. The van der Waals surface area contributed by atoms with Crippen molar-refractivity contribution in [1.82, 2.24) is 20.2 Å². The van der Waals surface area contributed by atoms with Crippen molar-refractivity contribution in [1.29, 1.82) is 0 Å². The molecule has 2 aliphatic rings. The fourth-order valence-corrected chi connectivity index (χ4v) is 4.24. The van der Waals surface area contributed by atoms with Crippen molar-refractivity contribution in [2.24, 2.45) is 5.92 Å². The Morgan fingerprint density at radius 1 is 1.36 bits per heavy atom.